The molecule has 11 heteroatoms. The van der Waals surface area contributed by atoms with Crippen LogP contribution in [0.4, 0.5) is 17.6 Å². The van der Waals surface area contributed by atoms with E-state index in [1.54, 1.807) is 27.7 Å². The lowest BCUT2D eigenvalue weighted by molar-refractivity contribution is 0.265. The summed E-state index contributed by atoms with van der Waals surface area (Å²) >= 11 is 3.54. The van der Waals surface area contributed by atoms with Crippen molar-refractivity contribution in [2.24, 2.45) is 0 Å². The maximum Gasteiger partial charge on any atom is 0.228 e. The monoisotopic (exact) mass is 554 g/mol. The molecule has 0 spiro atoms. The Bertz CT molecular complexity index is 1370. The topological polar surface area (TPSA) is 107 Å². The van der Waals surface area contributed by atoms with E-state index >= 15 is 0 Å². The largest absolute Gasteiger partial charge is 0.493 e. The molecule has 2 N–H and O–H groups in total. The van der Waals surface area contributed by atoms with Crippen molar-refractivity contribution in [2.45, 2.75) is 18.9 Å². The first-order valence-corrected chi connectivity index (χ1v) is 12.3. The SMILES string of the molecule is COc1cc(-n2cnc(Nc3nc(N4CCC[C@H]4CO)nc4cc(Br)ccc34)c2)cc(OC)c1OC. The lowest BCUT2D eigenvalue weighted by Crippen LogP contribution is -2.33. The Kier molecular flexibility index (Phi) is 6.84. The van der Waals surface area contributed by atoms with Crippen LogP contribution in [0.3, 0.4) is 0 Å². The second kappa shape index (κ2) is 10.2. The standard InChI is InChI=1S/C25H27BrN6O4/c1-34-20-10-17(11-21(35-2)23(20)36-3)31-12-22(27-14-31)29-24-18-7-6-15(26)9-19(18)28-25(30-24)32-8-4-5-16(32)13-33/h6-7,9-12,14,16,33H,4-5,8,13H2,1-3H3,(H,28,29,30)/t16-/m0/s1. The minimum absolute atomic E-state index is 0.0155. The Labute approximate surface area is 217 Å². The summed E-state index contributed by atoms with van der Waals surface area (Å²) < 4.78 is 19.2. The number of aliphatic hydroxyl groups is 1. The molecule has 36 heavy (non-hydrogen) atoms. The predicted octanol–water partition coefficient (Wildman–Crippen LogP) is 4.31. The van der Waals surface area contributed by atoms with Crippen molar-refractivity contribution in [1.82, 2.24) is 19.5 Å². The summed E-state index contributed by atoms with van der Waals surface area (Å²) in [5.41, 5.74) is 1.59. The van der Waals surface area contributed by atoms with Crippen LogP contribution in [-0.4, -0.2) is 65.1 Å². The predicted molar refractivity (Wildman–Crippen MR) is 141 cm³/mol. The normalized spacial score (nSPS) is 15.4. The van der Waals surface area contributed by atoms with Gasteiger partial charge in [0.05, 0.1) is 51.4 Å². The number of nitrogens with one attached hydrogen (secondary N) is 1. The van der Waals surface area contributed by atoms with Crippen LogP contribution >= 0.6 is 15.9 Å². The van der Waals surface area contributed by atoms with E-state index in [1.165, 1.54) is 0 Å². The highest BCUT2D eigenvalue weighted by Gasteiger charge is 2.27. The number of hydrogen-bond acceptors (Lipinski definition) is 9. The summed E-state index contributed by atoms with van der Waals surface area (Å²) in [6, 6.07) is 9.61. The number of rotatable bonds is 8. The Morgan fingerprint density at radius 2 is 1.86 bits per heavy atom. The van der Waals surface area contributed by atoms with E-state index in [-0.39, 0.29) is 12.6 Å². The maximum absolute atomic E-state index is 9.82. The summed E-state index contributed by atoms with van der Waals surface area (Å²) in [7, 11) is 4.74. The summed E-state index contributed by atoms with van der Waals surface area (Å²) in [6.07, 6.45) is 5.47. The van der Waals surface area contributed by atoms with E-state index in [0.29, 0.717) is 34.8 Å². The first-order chi connectivity index (χ1) is 17.5. The van der Waals surface area contributed by atoms with Crippen molar-refractivity contribution in [3.63, 3.8) is 0 Å². The van der Waals surface area contributed by atoms with Gasteiger partial charge < -0.3 is 34.1 Å². The van der Waals surface area contributed by atoms with Gasteiger partial charge >= 0.3 is 0 Å². The quantitative estimate of drug-likeness (QED) is 0.329. The first kappa shape index (κ1) is 24.1. The molecule has 1 atom stereocenters. The summed E-state index contributed by atoms with van der Waals surface area (Å²) in [5, 5.41) is 14.0. The van der Waals surface area contributed by atoms with Crippen molar-refractivity contribution < 1.29 is 19.3 Å². The number of imidazole rings is 1. The Morgan fingerprint density at radius 3 is 2.56 bits per heavy atom. The number of fused-ring (bicyclic) bond motifs is 1. The molecular formula is C25H27BrN6O4. The third-order valence-corrected chi connectivity index (χ3v) is 6.76. The maximum atomic E-state index is 9.82. The van der Waals surface area contributed by atoms with E-state index in [1.807, 2.05) is 41.1 Å². The van der Waals surface area contributed by atoms with Gasteiger partial charge in [-0.25, -0.2) is 9.97 Å². The lowest BCUT2D eigenvalue weighted by Gasteiger charge is -2.24. The molecule has 1 saturated heterocycles. The average molecular weight is 555 g/mol. The minimum atomic E-state index is 0.0155. The average Bonchev–Trinajstić information content (AvgIpc) is 3.57. The van der Waals surface area contributed by atoms with Crippen LogP contribution < -0.4 is 24.4 Å². The number of aromatic nitrogens is 4. The second-order valence-corrected chi connectivity index (χ2v) is 9.30. The number of benzene rings is 2. The van der Waals surface area contributed by atoms with Gasteiger partial charge in [0.1, 0.15) is 18.0 Å². The molecule has 0 unspecified atom stereocenters. The molecule has 1 aliphatic rings. The van der Waals surface area contributed by atoms with Crippen LogP contribution in [0.1, 0.15) is 12.8 Å². The highest BCUT2D eigenvalue weighted by atomic mass is 79.9. The Hall–Kier alpha value is -3.57. The molecule has 188 valence electrons. The molecular weight excluding hydrogens is 528 g/mol. The molecule has 0 amide bonds. The van der Waals surface area contributed by atoms with Crippen molar-refractivity contribution >= 4 is 44.4 Å². The zero-order valence-corrected chi connectivity index (χ0v) is 21.8. The molecule has 10 nitrogen and oxygen atoms in total. The van der Waals surface area contributed by atoms with Gasteiger partial charge in [-0.05, 0) is 31.0 Å². The van der Waals surface area contributed by atoms with Gasteiger partial charge in [-0.15, -0.1) is 0 Å². The number of methoxy groups -OCH3 is 3. The minimum Gasteiger partial charge on any atom is -0.493 e. The number of anilines is 3. The molecule has 2 aromatic heterocycles. The molecule has 0 saturated carbocycles. The highest BCUT2D eigenvalue weighted by Crippen LogP contribution is 2.39. The fourth-order valence-electron chi connectivity index (χ4n) is 4.47. The third-order valence-electron chi connectivity index (χ3n) is 6.27. The molecule has 5 rings (SSSR count). The van der Waals surface area contributed by atoms with Crippen LogP contribution in [0.15, 0.2) is 47.3 Å². The smallest absolute Gasteiger partial charge is 0.228 e. The molecule has 3 heterocycles. The molecule has 2 aromatic carbocycles. The first-order valence-electron chi connectivity index (χ1n) is 11.5. The van der Waals surface area contributed by atoms with E-state index in [2.05, 4.69) is 31.1 Å². The van der Waals surface area contributed by atoms with Gasteiger partial charge in [-0.1, -0.05) is 15.9 Å². The number of nitrogens with zero attached hydrogens (tertiary/aromatic N) is 5. The summed E-state index contributed by atoms with van der Waals surface area (Å²) in [4.78, 5) is 16.2. The van der Waals surface area contributed by atoms with Gasteiger partial charge in [-0.2, -0.15) is 4.98 Å². The zero-order chi connectivity index (χ0) is 25.2. The fourth-order valence-corrected chi connectivity index (χ4v) is 4.82. The van der Waals surface area contributed by atoms with Crippen LogP contribution in [0.2, 0.25) is 0 Å². The number of hydrogen-bond donors (Lipinski definition) is 2. The van der Waals surface area contributed by atoms with Gasteiger partial charge in [0, 0.05) is 28.5 Å². The van der Waals surface area contributed by atoms with Crippen LogP contribution in [0.5, 0.6) is 17.2 Å². The summed E-state index contributed by atoms with van der Waals surface area (Å²) in [5.74, 6) is 3.46. The molecule has 0 radical (unpaired) electrons. The van der Waals surface area contributed by atoms with E-state index in [0.717, 1.165) is 40.4 Å². The number of halogens is 1. The van der Waals surface area contributed by atoms with E-state index < -0.39 is 0 Å². The lowest BCUT2D eigenvalue weighted by atomic mass is 10.2. The molecule has 4 aromatic rings. The Morgan fingerprint density at radius 1 is 1.08 bits per heavy atom. The summed E-state index contributed by atoms with van der Waals surface area (Å²) in [6.45, 7) is 0.877. The molecule has 0 bridgehead atoms. The Balaban J connectivity index is 1.52. The van der Waals surface area contributed by atoms with Gasteiger partial charge in [-0.3, -0.25) is 0 Å². The fraction of sp³-hybridized carbons (Fsp3) is 0.320. The third kappa shape index (κ3) is 4.51. The van der Waals surface area contributed by atoms with E-state index in [9.17, 15) is 5.11 Å². The number of ether oxygens (including phenoxy) is 3. The zero-order valence-electron chi connectivity index (χ0n) is 20.2. The highest BCUT2D eigenvalue weighted by molar-refractivity contribution is 9.10. The van der Waals surface area contributed by atoms with E-state index in [4.69, 9.17) is 24.2 Å². The van der Waals surface area contributed by atoms with Gasteiger partial charge in [0.25, 0.3) is 0 Å². The van der Waals surface area contributed by atoms with Crippen molar-refractivity contribution in [2.75, 3.05) is 44.7 Å². The van der Waals surface area contributed by atoms with Crippen molar-refractivity contribution in [3.05, 3.63) is 47.3 Å². The molecule has 1 aliphatic heterocycles. The molecule has 1 fully saturated rings. The van der Waals surface area contributed by atoms with Crippen molar-refractivity contribution in [3.8, 4) is 22.9 Å². The van der Waals surface area contributed by atoms with Crippen LogP contribution in [-0.2, 0) is 0 Å². The van der Waals surface area contributed by atoms with Gasteiger partial charge in [0.15, 0.2) is 11.5 Å². The second-order valence-electron chi connectivity index (χ2n) is 8.38. The van der Waals surface area contributed by atoms with Crippen LogP contribution in [0.25, 0.3) is 16.6 Å². The molecule has 0 aliphatic carbocycles. The van der Waals surface area contributed by atoms with Crippen LogP contribution in [0, 0.1) is 0 Å². The van der Waals surface area contributed by atoms with Gasteiger partial charge in [0.2, 0.25) is 11.7 Å². The van der Waals surface area contributed by atoms with Crippen molar-refractivity contribution in [1.29, 1.82) is 0 Å². The number of aliphatic hydroxyl groups excluding tert-OH is 1.